The second kappa shape index (κ2) is 7.78. The van der Waals surface area contributed by atoms with Crippen LogP contribution in [0.4, 0.5) is 19.3 Å². The minimum absolute atomic E-state index is 0.249. The molecule has 0 aliphatic heterocycles. The largest absolute Gasteiger partial charge is 0.480 e. The van der Waals surface area contributed by atoms with Gasteiger partial charge in [0.2, 0.25) is 0 Å². The molecule has 21 heavy (non-hydrogen) atoms. The van der Waals surface area contributed by atoms with Gasteiger partial charge in [0.1, 0.15) is 11.9 Å². The summed E-state index contributed by atoms with van der Waals surface area (Å²) in [5.41, 5.74) is -0.407. The van der Waals surface area contributed by atoms with Crippen LogP contribution in [0.5, 0.6) is 0 Å². The number of amides is 2. The van der Waals surface area contributed by atoms with E-state index in [-0.39, 0.29) is 11.4 Å². The Labute approximate surface area is 125 Å². The van der Waals surface area contributed by atoms with Gasteiger partial charge in [0.25, 0.3) is 0 Å². The minimum Gasteiger partial charge on any atom is -0.480 e. The van der Waals surface area contributed by atoms with Crippen LogP contribution in [-0.2, 0) is 4.79 Å². The smallest absolute Gasteiger partial charge is 0.326 e. The molecule has 1 aromatic carbocycles. The summed E-state index contributed by atoms with van der Waals surface area (Å²) in [4.78, 5) is 22.7. The van der Waals surface area contributed by atoms with E-state index in [4.69, 9.17) is 16.7 Å². The number of aliphatic carboxylic acids is 1. The van der Waals surface area contributed by atoms with Crippen molar-refractivity contribution in [3.63, 3.8) is 0 Å². The van der Waals surface area contributed by atoms with Crippen LogP contribution in [0.1, 0.15) is 26.2 Å². The first kappa shape index (κ1) is 17.2. The third-order valence-corrected chi connectivity index (χ3v) is 2.99. The van der Waals surface area contributed by atoms with Gasteiger partial charge >= 0.3 is 12.0 Å². The Balaban J connectivity index is 2.74. The molecule has 0 bridgehead atoms. The highest BCUT2D eigenvalue weighted by molar-refractivity contribution is 6.33. The van der Waals surface area contributed by atoms with E-state index >= 15 is 0 Å². The second-order valence-electron chi connectivity index (χ2n) is 4.38. The minimum atomic E-state index is -1.19. The van der Waals surface area contributed by atoms with E-state index in [1.807, 2.05) is 6.92 Å². The van der Waals surface area contributed by atoms with Crippen LogP contribution in [0, 0.1) is 11.6 Å². The number of carboxylic acids is 1. The number of carboxylic acid groups (broad SMARTS) is 1. The molecule has 5 nitrogen and oxygen atoms in total. The van der Waals surface area contributed by atoms with Gasteiger partial charge < -0.3 is 15.7 Å². The van der Waals surface area contributed by atoms with E-state index in [0.717, 1.165) is 12.5 Å². The lowest BCUT2D eigenvalue weighted by Crippen LogP contribution is -2.43. The predicted octanol–water partition coefficient (Wildman–Crippen LogP) is 3.38. The number of rotatable bonds is 6. The molecule has 0 aliphatic carbocycles. The molecular weight excluding hydrogens is 306 g/mol. The Morgan fingerprint density at radius 1 is 1.38 bits per heavy atom. The van der Waals surface area contributed by atoms with Crippen molar-refractivity contribution in [2.24, 2.45) is 0 Å². The average molecular weight is 321 g/mol. The van der Waals surface area contributed by atoms with Crippen LogP contribution in [-0.4, -0.2) is 23.1 Å². The van der Waals surface area contributed by atoms with Crippen LogP contribution in [0.2, 0.25) is 5.02 Å². The summed E-state index contributed by atoms with van der Waals surface area (Å²) in [6.45, 7) is 1.88. The number of carbonyl (C=O) groups is 2. The molecule has 1 aromatic rings. The van der Waals surface area contributed by atoms with E-state index in [0.29, 0.717) is 12.5 Å². The van der Waals surface area contributed by atoms with Crippen molar-refractivity contribution in [3.8, 4) is 0 Å². The van der Waals surface area contributed by atoms with Crippen molar-refractivity contribution in [3.05, 3.63) is 28.8 Å². The van der Waals surface area contributed by atoms with E-state index in [2.05, 4.69) is 10.6 Å². The Morgan fingerprint density at radius 2 is 2.05 bits per heavy atom. The number of hydrogen-bond acceptors (Lipinski definition) is 2. The summed E-state index contributed by atoms with van der Waals surface area (Å²) in [6, 6.07) is -0.614. The van der Waals surface area contributed by atoms with Gasteiger partial charge in [-0.05, 0) is 12.5 Å². The maximum absolute atomic E-state index is 13.5. The summed E-state index contributed by atoms with van der Waals surface area (Å²) in [5, 5.41) is 12.9. The molecule has 0 heterocycles. The summed E-state index contributed by atoms with van der Waals surface area (Å²) in [7, 11) is 0. The number of anilines is 1. The third-order valence-electron chi connectivity index (χ3n) is 2.70. The van der Waals surface area contributed by atoms with Crippen LogP contribution in [0.3, 0.4) is 0 Å². The third kappa shape index (κ3) is 5.18. The lowest BCUT2D eigenvalue weighted by Gasteiger charge is -2.15. The first-order valence-electron chi connectivity index (χ1n) is 6.30. The quantitative estimate of drug-likeness (QED) is 0.752. The molecular formula is C13H15ClF2N2O3. The maximum Gasteiger partial charge on any atom is 0.326 e. The van der Waals surface area contributed by atoms with E-state index in [9.17, 15) is 18.4 Å². The molecule has 0 aromatic heterocycles. The Bertz CT molecular complexity index is 517. The number of urea groups is 1. The zero-order chi connectivity index (χ0) is 16.0. The van der Waals surface area contributed by atoms with E-state index < -0.39 is 35.4 Å². The van der Waals surface area contributed by atoms with Crippen molar-refractivity contribution < 1.29 is 23.5 Å². The topological polar surface area (TPSA) is 78.4 Å². The molecule has 1 atom stereocenters. The van der Waals surface area contributed by atoms with Crippen molar-refractivity contribution >= 4 is 29.3 Å². The molecule has 0 unspecified atom stereocenters. The van der Waals surface area contributed by atoms with Gasteiger partial charge in [0.15, 0.2) is 5.82 Å². The van der Waals surface area contributed by atoms with Crippen molar-refractivity contribution in [2.45, 2.75) is 32.2 Å². The van der Waals surface area contributed by atoms with Gasteiger partial charge in [0, 0.05) is 6.07 Å². The molecule has 2 amide bonds. The standard InChI is InChI=1S/C13H15ClF2N2O3/c1-2-3-4-10(12(19)20)17-13(21)18-11-8(14)5-7(15)6-9(11)16/h5-6,10H,2-4H2,1H3,(H,19,20)(H2,17,18,21)/t10-/m0/s1. The number of benzene rings is 1. The molecule has 0 spiro atoms. The molecule has 116 valence electrons. The lowest BCUT2D eigenvalue weighted by atomic mass is 10.1. The van der Waals surface area contributed by atoms with Gasteiger partial charge in [-0.15, -0.1) is 0 Å². The molecule has 0 radical (unpaired) electrons. The van der Waals surface area contributed by atoms with Crippen LogP contribution >= 0.6 is 11.6 Å². The summed E-state index contributed by atoms with van der Waals surface area (Å²) < 4.78 is 26.4. The van der Waals surface area contributed by atoms with Gasteiger partial charge in [0.05, 0.1) is 10.7 Å². The zero-order valence-electron chi connectivity index (χ0n) is 11.3. The first-order chi connectivity index (χ1) is 9.85. The molecule has 8 heteroatoms. The zero-order valence-corrected chi connectivity index (χ0v) is 12.0. The maximum atomic E-state index is 13.5. The summed E-state index contributed by atoms with van der Waals surface area (Å²) in [6.07, 6.45) is 1.63. The first-order valence-corrected chi connectivity index (χ1v) is 6.67. The van der Waals surface area contributed by atoms with Gasteiger partial charge in [-0.2, -0.15) is 0 Å². The van der Waals surface area contributed by atoms with E-state index in [1.54, 1.807) is 0 Å². The number of carbonyl (C=O) groups excluding carboxylic acids is 1. The fourth-order valence-electron chi connectivity index (χ4n) is 1.64. The highest BCUT2D eigenvalue weighted by Crippen LogP contribution is 2.26. The highest BCUT2D eigenvalue weighted by atomic mass is 35.5. The predicted molar refractivity (Wildman–Crippen MR) is 74.5 cm³/mol. The second-order valence-corrected chi connectivity index (χ2v) is 4.78. The molecule has 1 rings (SSSR count). The number of unbranched alkanes of at least 4 members (excludes halogenated alkanes) is 1. The molecule has 3 N–H and O–H groups in total. The van der Waals surface area contributed by atoms with Crippen molar-refractivity contribution in [1.29, 1.82) is 0 Å². The fraction of sp³-hybridized carbons (Fsp3) is 0.385. The summed E-state index contributed by atoms with van der Waals surface area (Å²) >= 11 is 5.62. The monoisotopic (exact) mass is 320 g/mol. The fourth-order valence-corrected chi connectivity index (χ4v) is 1.88. The molecule has 0 aliphatic rings. The number of hydrogen-bond donors (Lipinski definition) is 3. The molecule has 0 saturated heterocycles. The number of halogens is 3. The van der Waals surface area contributed by atoms with Crippen molar-refractivity contribution in [2.75, 3.05) is 5.32 Å². The van der Waals surface area contributed by atoms with Crippen molar-refractivity contribution in [1.82, 2.24) is 5.32 Å². The SMILES string of the molecule is CCCC[C@H](NC(=O)Nc1c(F)cc(F)cc1Cl)C(=O)O. The Morgan fingerprint density at radius 3 is 2.57 bits per heavy atom. The molecule has 0 fully saturated rings. The molecule has 0 saturated carbocycles. The van der Waals surface area contributed by atoms with Crippen LogP contribution in [0.25, 0.3) is 0 Å². The van der Waals surface area contributed by atoms with Gasteiger partial charge in [-0.25, -0.2) is 18.4 Å². The number of nitrogens with one attached hydrogen (secondary N) is 2. The van der Waals surface area contributed by atoms with Gasteiger partial charge in [-0.1, -0.05) is 31.4 Å². The summed E-state index contributed by atoms with van der Waals surface area (Å²) in [5.74, 6) is -3.12. The Kier molecular flexibility index (Phi) is 6.36. The van der Waals surface area contributed by atoms with E-state index in [1.165, 1.54) is 0 Å². The van der Waals surface area contributed by atoms with Crippen LogP contribution in [0.15, 0.2) is 12.1 Å². The van der Waals surface area contributed by atoms with Gasteiger partial charge in [-0.3, -0.25) is 0 Å². The highest BCUT2D eigenvalue weighted by Gasteiger charge is 2.20. The average Bonchev–Trinajstić information content (AvgIpc) is 2.38. The Hall–Kier alpha value is -1.89. The normalized spacial score (nSPS) is 11.8. The van der Waals surface area contributed by atoms with Crippen LogP contribution < -0.4 is 10.6 Å². The lowest BCUT2D eigenvalue weighted by molar-refractivity contribution is -0.139.